The highest BCUT2D eigenvalue weighted by Crippen LogP contribution is 2.30. The highest BCUT2D eigenvalue weighted by Gasteiger charge is 2.23. The highest BCUT2D eigenvalue weighted by atomic mass is 35.5. The largest absolute Gasteiger partial charge is 0.478 e. The molecule has 0 aliphatic carbocycles. The van der Waals surface area contributed by atoms with E-state index in [1.54, 1.807) is 18.2 Å². The normalized spacial score (nSPS) is 11.4. The molecular weight excluding hydrogens is 200 g/mol. The number of hydrogen-bond donors (Lipinski definition) is 1. The van der Waals surface area contributed by atoms with Crippen LogP contribution in [0.3, 0.4) is 0 Å². The van der Waals surface area contributed by atoms with E-state index < -0.39 is 5.97 Å². The van der Waals surface area contributed by atoms with Gasteiger partial charge in [0, 0.05) is 0 Å². The van der Waals surface area contributed by atoms with Crippen LogP contribution in [0.15, 0.2) is 18.2 Å². The van der Waals surface area contributed by atoms with Gasteiger partial charge in [0.2, 0.25) is 0 Å². The predicted octanol–water partition coefficient (Wildman–Crippen LogP) is 3.34. The van der Waals surface area contributed by atoms with Crippen molar-refractivity contribution in [1.29, 1.82) is 0 Å². The monoisotopic (exact) mass is 212 g/mol. The van der Waals surface area contributed by atoms with Crippen molar-refractivity contribution in [3.05, 3.63) is 34.3 Å². The number of carboxylic acid groups (broad SMARTS) is 1. The van der Waals surface area contributed by atoms with Gasteiger partial charge in [-0.05, 0) is 17.0 Å². The lowest BCUT2D eigenvalue weighted by atomic mass is 9.84. The summed E-state index contributed by atoms with van der Waals surface area (Å²) in [5.74, 6) is -0.972. The van der Waals surface area contributed by atoms with Gasteiger partial charge in [-0.2, -0.15) is 0 Å². The minimum atomic E-state index is -0.972. The summed E-state index contributed by atoms with van der Waals surface area (Å²) in [6, 6.07) is 5.17. The average Bonchev–Trinajstić information content (AvgIpc) is 2.01. The SMILES string of the molecule is CC(C)(C)c1cccc(Cl)c1C(=O)O. The molecule has 1 aromatic rings. The maximum atomic E-state index is 11.0. The van der Waals surface area contributed by atoms with Crippen LogP contribution in [0.4, 0.5) is 0 Å². The molecule has 0 bridgehead atoms. The summed E-state index contributed by atoms with van der Waals surface area (Å²) in [5.41, 5.74) is 0.762. The van der Waals surface area contributed by atoms with Crippen LogP contribution >= 0.6 is 11.6 Å². The van der Waals surface area contributed by atoms with Crippen LogP contribution in [-0.4, -0.2) is 11.1 Å². The van der Waals surface area contributed by atoms with Crippen molar-refractivity contribution in [3.63, 3.8) is 0 Å². The van der Waals surface area contributed by atoms with Crippen molar-refractivity contribution in [2.45, 2.75) is 26.2 Å². The van der Waals surface area contributed by atoms with Gasteiger partial charge in [0.1, 0.15) is 0 Å². The fourth-order valence-corrected chi connectivity index (χ4v) is 1.62. The van der Waals surface area contributed by atoms with Crippen molar-refractivity contribution >= 4 is 17.6 Å². The molecule has 1 aromatic carbocycles. The van der Waals surface area contributed by atoms with Crippen LogP contribution < -0.4 is 0 Å². The number of carboxylic acids is 1. The summed E-state index contributed by atoms with van der Waals surface area (Å²) < 4.78 is 0. The second kappa shape index (κ2) is 3.62. The minimum absolute atomic E-state index is 0.210. The zero-order chi connectivity index (χ0) is 10.9. The predicted molar refractivity (Wildman–Crippen MR) is 57.1 cm³/mol. The van der Waals surface area contributed by atoms with Crippen molar-refractivity contribution in [2.24, 2.45) is 0 Å². The number of halogens is 1. The number of hydrogen-bond acceptors (Lipinski definition) is 1. The number of rotatable bonds is 1. The molecule has 1 rings (SSSR count). The molecule has 0 atom stereocenters. The summed E-state index contributed by atoms with van der Waals surface area (Å²) in [4.78, 5) is 11.0. The molecule has 0 unspecified atom stereocenters. The number of carbonyl (C=O) groups is 1. The van der Waals surface area contributed by atoms with E-state index >= 15 is 0 Å². The van der Waals surface area contributed by atoms with E-state index in [1.807, 2.05) is 20.8 Å². The van der Waals surface area contributed by atoms with E-state index in [9.17, 15) is 4.79 Å². The lowest BCUT2D eigenvalue weighted by molar-refractivity contribution is 0.0694. The lowest BCUT2D eigenvalue weighted by Crippen LogP contribution is -2.17. The van der Waals surface area contributed by atoms with Crippen LogP contribution in [0.2, 0.25) is 5.02 Å². The Morgan fingerprint density at radius 3 is 2.29 bits per heavy atom. The second-order valence-corrected chi connectivity index (χ2v) is 4.62. The molecule has 76 valence electrons. The molecule has 14 heavy (non-hydrogen) atoms. The van der Waals surface area contributed by atoms with E-state index in [2.05, 4.69) is 0 Å². The first-order valence-corrected chi connectivity index (χ1v) is 4.74. The average molecular weight is 213 g/mol. The summed E-state index contributed by atoms with van der Waals surface area (Å²) in [6.45, 7) is 5.89. The fourth-order valence-electron chi connectivity index (χ4n) is 1.37. The third kappa shape index (κ3) is 2.07. The molecule has 0 aliphatic rings. The first-order chi connectivity index (χ1) is 6.34. The maximum Gasteiger partial charge on any atom is 0.337 e. The lowest BCUT2D eigenvalue weighted by Gasteiger charge is -2.21. The van der Waals surface area contributed by atoms with E-state index in [4.69, 9.17) is 16.7 Å². The topological polar surface area (TPSA) is 37.3 Å². The molecule has 3 heteroatoms. The van der Waals surface area contributed by atoms with Gasteiger partial charge in [0.15, 0.2) is 0 Å². The van der Waals surface area contributed by atoms with E-state index in [0.29, 0.717) is 5.02 Å². The summed E-state index contributed by atoms with van der Waals surface area (Å²) >= 11 is 5.85. The molecule has 0 fully saturated rings. The molecule has 0 aliphatic heterocycles. The fraction of sp³-hybridized carbons (Fsp3) is 0.364. The van der Waals surface area contributed by atoms with Crippen LogP contribution in [0.1, 0.15) is 36.7 Å². The standard InChI is InChI=1S/C11H13ClO2/c1-11(2,3)7-5-4-6-8(12)9(7)10(13)14/h4-6H,1-3H3,(H,13,14). The Balaban J connectivity index is 3.44. The summed E-state index contributed by atoms with van der Waals surface area (Å²) in [7, 11) is 0. The molecular formula is C11H13ClO2. The Kier molecular flexibility index (Phi) is 2.86. The smallest absolute Gasteiger partial charge is 0.337 e. The molecule has 0 saturated carbocycles. The Bertz CT molecular complexity index is 364. The summed E-state index contributed by atoms with van der Waals surface area (Å²) in [6.07, 6.45) is 0. The summed E-state index contributed by atoms with van der Waals surface area (Å²) in [5, 5.41) is 9.32. The molecule has 0 aromatic heterocycles. The van der Waals surface area contributed by atoms with Gasteiger partial charge in [-0.3, -0.25) is 0 Å². The van der Waals surface area contributed by atoms with Crippen molar-refractivity contribution < 1.29 is 9.90 Å². The van der Waals surface area contributed by atoms with Gasteiger partial charge in [0.25, 0.3) is 0 Å². The van der Waals surface area contributed by atoms with Crippen molar-refractivity contribution in [3.8, 4) is 0 Å². The van der Waals surface area contributed by atoms with Crippen LogP contribution in [-0.2, 0) is 5.41 Å². The Morgan fingerprint density at radius 1 is 1.36 bits per heavy atom. The van der Waals surface area contributed by atoms with Crippen molar-refractivity contribution in [1.82, 2.24) is 0 Å². The van der Waals surface area contributed by atoms with Crippen LogP contribution in [0.5, 0.6) is 0 Å². The maximum absolute atomic E-state index is 11.0. The van der Waals surface area contributed by atoms with Gasteiger partial charge in [0.05, 0.1) is 10.6 Å². The Hall–Kier alpha value is -1.02. The zero-order valence-corrected chi connectivity index (χ0v) is 9.22. The quantitative estimate of drug-likeness (QED) is 0.775. The van der Waals surface area contributed by atoms with Crippen molar-refractivity contribution in [2.75, 3.05) is 0 Å². The van der Waals surface area contributed by atoms with Crippen LogP contribution in [0, 0.1) is 0 Å². The second-order valence-electron chi connectivity index (χ2n) is 4.22. The number of benzene rings is 1. The third-order valence-electron chi connectivity index (χ3n) is 2.04. The van der Waals surface area contributed by atoms with Gasteiger partial charge in [-0.25, -0.2) is 4.79 Å². The van der Waals surface area contributed by atoms with Gasteiger partial charge in [-0.1, -0.05) is 44.5 Å². The molecule has 0 amide bonds. The molecule has 0 heterocycles. The highest BCUT2D eigenvalue weighted by molar-refractivity contribution is 6.33. The Labute approximate surface area is 88.5 Å². The van der Waals surface area contributed by atoms with E-state index in [1.165, 1.54) is 0 Å². The number of aromatic carboxylic acids is 1. The Morgan fingerprint density at radius 2 is 1.93 bits per heavy atom. The van der Waals surface area contributed by atoms with Crippen LogP contribution in [0.25, 0.3) is 0 Å². The van der Waals surface area contributed by atoms with Gasteiger partial charge >= 0.3 is 5.97 Å². The molecule has 1 N–H and O–H groups in total. The molecule has 0 saturated heterocycles. The first kappa shape index (κ1) is 11.1. The van der Waals surface area contributed by atoms with Gasteiger partial charge in [-0.15, -0.1) is 0 Å². The third-order valence-corrected chi connectivity index (χ3v) is 2.35. The van der Waals surface area contributed by atoms with Gasteiger partial charge < -0.3 is 5.11 Å². The van der Waals surface area contributed by atoms with E-state index in [0.717, 1.165) is 5.56 Å². The first-order valence-electron chi connectivity index (χ1n) is 4.36. The van der Waals surface area contributed by atoms with E-state index in [-0.39, 0.29) is 11.0 Å². The zero-order valence-electron chi connectivity index (χ0n) is 8.47. The minimum Gasteiger partial charge on any atom is -0.478 e. The molecule has 0 radical (unpaired) electrons. The molecule has 2 nitrogen and oxygen atoms in total. The molecule has 0 spiro atoms.